The topological polar surface area (TPSA) is 84.0 Å². The number of sulfonamides is 1. The van der Waals surface area contributed by atoms with Gasteiger partial charge in [-0.2, -0.15) is 0 Å². The number of esters is 1. The van der Waals surface area contributed by atoms with Crippen LogP contribution in [0.15, 0.2) is 41.3 Å². The highest BCUT2D eigenvalue weighted by molar-refractivity contribution is 7.93. The Hall–Kier alpha value is -2.61. The van der Waals surface area contributed by atoms with Gasteiger partial charge in [-0.05, 0) is 35.8 Å². The molecular weight excluding hydrogens is 392 g/mol. The molecule has 0 spiro atoms. The second kappa shape index (κ2) is 7.33. The number of benzene rings is 2. The Kier molecular flexibility index (Phi) is 4.98. The fourth-order valence-electron chi connectivity index (χ4n) is 4.39. The van der Waals surface area contributed by atoms with Crippen molar-refractivity contribution in [1.82, 2.24) is 4.90 Å². The molecule has 2 aromatic rings. The van der Waals surface area contributed by atoms with Crippen LogP contribution < -0.4 is 4.31 Å². The maximum Gasteiger partial charge on any atom is 0.327 e. The summed E-state index contributed by atoms with van der Waals surface area (Å²) in [6.45, 7) is 4.66. The fourth-order valence-corrected chi connectivity index (χ4v) is 6.05. The molecule has 2 aromatic carbocycles. The molecule has 2 atom stereocenters. The van der Waals surface area contributed by atoms with Gasteiger partial charge in [0.05, 0.1) is 10.6 Å². The zero-order valence-electron chi connectivity index (χ0n) is 16.5. The average molecular weight is 416 g/mol. The first-order valence-electron chi connectivity index (χ1n) is 9.75. The second-order valence-electron chi connectivity index (χ2n) is 8.05. The van der Waals surface area contributed by atoms with Crippen molar-refractivity contribution < 1.29 is 22.7 Å². The zero-order chi connectivity index (χ0) is 20.8. The van der Waals surface area contributed by atoms with E-state index in [0.29, 0.717) is 36.0 Å². The summed E-state index contributed by atoms with van der Waals surface area (Å²) in [5.74, 6) is -0.171. The third kappa shape index (κ3) is 3.57. The smallest absolute Gasteiger partial charge is 0.327 e. The van der Waals surface area contributed by atoms with Crippen molar-refractivity contribution in [3.63, 3.8) is 0 Å². The predicted molar refractivity (Wildman–Crippen MR) is 109 cm³/mol. The van der Waals surface area contributed by atoms with Crippen molar-refractivity contribution in [2.24, 2.45) is 11.8 Å². The molecule has 0 aromatic heterocycles. The molecule has 0 unspecified atom stereocenters. The zero-order valence-corrected chi connectivity index (χ0v) is 17.3. The number of anilines is 1. The second-order valence-corrected chi connectivity index (χ2v) is 9.88. The maximum atomic E-state index is 12.9. The third-order valence-electron chi connectivity index (χ3n) is 5.53. The molecule has 2 aliphatic rings. The van der Waals surface area contributed by atoms with Crippen LogP contribution in [0.5, 0.6) is 0 Å². The van der Waals surface area contributed by atoms with E-state index in [0.717, 1.165) is 16.1 Å². The standard InChI is InChI=1S/C21H24N2O5S/c1-14-9-15(2)11-22(10-14)19(24)13-28-20(25)12-23-17-7-3-5-16-6-4-8-18(21(16)17)29(23,26)27/h3-8,14-15H,9-13H2,1-2H3/t14-,15-/m0/s1. The number of carbonyl (C=O) groups is 2. The number of rotatable bonds is 4. The molecule has 1 fully saturated rings. The van der Waals surface area contributed by atoms with E-state index in [1.165, 1.54) is 6.07 Å². The molecule has 0 N–H and O–H groups in total. The molecule has 1 saturated heterocycles. The van der Waals surface area contributed by atoms with Gasteiger partial charge < -0.3 is 9.64 Å². The number of carbonyl (C=O) groups excluding carboxylic acids is 2. The van der Waals surface area contributed by atoms with Crippen LogP contribution in [0.4, 0.5) is 5.69 Å². The first-order chi connectivity index (χ1) is 13.8. The predicted octanol–water partition coefficient (Wildman–Crippen LogP) is 2.40. The van der Waals surface area contributed by atoms with Gasteiger partial charge in [-0.25, -0.2) is 8.42 Å². The van der Waals surface area contributed by atoms with Gasteiger partial charge in [0.15, 0.2) is 6.61 Å². The highest BCUT2D eigenvalue weighted by atomic mass is 32.2. The van der Waals surface area contributed by atoms with E-state index >= 15 is 0 Å². The summed E-state index contributed by atoms with van der Waals surface area (Å²) in [5, 5.41) is 1.40. The van der Waals surface area contributed by atoms with Gasteiger partial charge in [0.1, 0.15) is 6.54 Å². The Morgan fingerprint density at radius 2 is 1.72 bits per heavy atom. The van der Waals surface area contributed by atoms with Crippen LogP contribution in [-0.4, -0.2) is 51.4 Å². The molecule has 4 rings (SSSR count). The van der Waals surface area contributed by atoms with Crippen molar-refractivity contribution in [2.45, 2.75) is 25.2 Å². The van der Waals surface area contributed by atoms with Gasteiger partial charge in [0.25, 0.3) is 15.9 Å². The van der Waals surface area contributed by atoms with Crippen LogP contribution in [0.3, 0.4) is 0 Å². The van der Waals surface area contributed by atoms with Crippen LogP contribution >= 0.6 is 0 Å². The van der Waals surface area contributed by atoms with Gasteiger partial charge in [-0.1, -0.05) is 38.1 Å². The minimum Gasteiger partial charge on any atom is -0.454 e. The van der Waals surface area contributed by atoms with E-state index < -0.39 is 22.5 Å². The van der Waals surface area contributed by atoms with Crippen molar-refractivity contribution in [3.8, 4) is 0 Å². The highest BCUT2D eigenvalue weighted by Gasteiger charge is 2.37. The summed E-state index contributed by atoms with van der Waals surface area (Å²) in [5.41, 5.74) is 0.458. The summed E-state index contributed by atoms with van der Waals surface area (Å²) in [6, 6.07) is 10.3. The average Bonchev–Trinajstić information content (AvgIpc) is 2.89. The van der Waals surface area contributed by atoms with Crippen LogP contribution in [0, 0.1) is 11.8 Å². The third-order valence-corrected chi connectivity index (χ3v) is 7.33. The summed E-state index contributed by atoms with van der Waals surface area (Å²) in [6.07, 6.45) is 1.07. The number of ether oxygens (including phenoxy) is 1. The summed E-state index contributed by atoms with van der Waals surface area (Å²) in [4.78, 5) is 26.7. The molecule has 0 bridgehead atoms. The van der Waals surface area contributed by atoms with E-state index in [9.17, 15) is 18.0 Å². The summed E-state index contributed by atoms with van der Waals surface area (Å²) in [7, 11) is -3.83. The summed E-state index contributed by atoms with van der Waals surface area (Å²) >= 11 is 0. The Balaban J connectivity index is 1.44. The van der Waals surface area contributed by atoms with Gasteiger partial charge in [0, 0.05) is 18.5 Å². The molecule has 29 heavy (non-hydrogen) atoms. The number of likely N-dealkylation sites (tertiary alicyclic amines) is 1. The van der Waals surface area contributed by atoms with Gasteiger partial charge in [-0.15, -0.1) is 0 Å². The number of piperidine rings is 1. The van der Waals surface area contributed by atoms with E-state index in [-0.39, 0.29) is 17.4 Å². The first kappa shape index (κ1) is 19.7. The van der Waals surface area contributed by atoms with E-state index in [1.807, 2.05) is 12.1 Å². The molecule has 1 amide bonds. The van der Waals surface area contributed by atoms with Crippen molar-refractivity contribution in [1.29, 1.82) is 0 Å². The number of hydrogen-bond donors (Lipinski definition) is 0. The van der Waals surface area contributed by atoms with Gasteiger partial charge >= 0.3 is 5.97 Å². The lowest BCUT2D eigenvalue weighted by molar-refractivity contribution is -0.151. The largest absolute Gasteiger partial charge is 0.454 e. The first-order valence-corrected chi connectivity index (χ1v) is 11.2. The number of nitrogens with zero attached hydrogens (tertiary/aromatic N) is 2. The molecule has 0 saturated carbocycles. The van der Waals surface area contributed by atoms with Crippen LogP contribution in [0.2, 0.25) is 0 Å². The van der Waals surface area contributed by atoms with E-state index in [1.54, 1.807) is 23.1 Å². The van der Waals surface area contributed by atoms with Crippen molar-refractivity contribution >= 4 is 38.4 Å². The molecule has 2 heterocycles. The SMILES string of the molecule is C[C@H]1C[C@H](C)CN(C(=O)COC(=O)CN2c3cccc4cccc(c34)S2(=O)=O)C1. The Morgan fingerprint density at radius 1 is 1.07 bits per heavy atom. The van der Waals surface area contributed by atoms with Crippen LogP contribution in [0.1, 0.15) is 20.3 Å². The number of amides is 1. The van der Waals surface area contributed by atoms with Crippen LogP contribution in [0.25, 0.3) is 10.8 Å². The number of hydrogen-bond acceptors (Lipinski definition) is 5. The lowest BCUT2D eigenvalue weighted by atomic mass is 9.92. The normalized spacial score (nSPS) is 22.7. The highest BCUT2D eigenvalue weighted by Crippen LogP contribution is 2.41. The molecular formula is C21H24N2O5S. The Bertz CT molecular complexity index is 1070. The molecule has 0 radical (unpaired) electrons. The van der Waals surface area contributed by atoms with E-state index in [2.05, 4.69) is 13.8 Å². The molecule has 154 valence electrons. The van der Waals surface area contributed by atoms with E-state index in [4.69, 9.17) is 4.74 Å². The molecule has 2 aliphatic heterocycles. The molecule has 0 aliphatic carbocycles. The monoisotopic (exact) mass is 416 g/mol. The van der Waals surface area contributed by atoms with Crippen molar-refractivity contribution in [3.05, 3.63) is 36.4 Å². The van der Waals surface area contributed by atoms with Crippen molar-refractivity contribution in [2.75, 3.05) is 30.5 Å². The Morgan fingerprint density at radius 3 is 2.41 bits per heavy atom. The van der Waals surface area contributed by atoms with Gasteiger partial charge in [0.2, 0.25) is 0 Å². The van der Waals surface area contributed by atoms with Crippen LogP contribution in [-0.2, 0) is 24.3 Å². The minimum atomic E-state index is -3.83. The molecule has 7 nitrogen and oxygen atoms in total. The molecule has 8 heteroatoms. The van der Waals surface area contributed by atoms with Gasteiger partial charge in [-0.3, -0.25) is 13.9 Å². The fraction of sp³-hybridized carbons (Fsp3) is 0.429. The maximum absolute atomic E-state index is 12.9. The summed E-state index contributed by atoms with van der Waals surface area (Å²) < 4.78 is 32.0. The quantitative estimate of drug-likeness (QED) is 0.715. The Labute approximate surface area is 170 Å². The lowest BCUT2D eigenvalue weighted by Crippen LogP contribution is -2.44. The lowest BCUT2D eigenvalue weighted by Gasteiger charge is -2.34. The minimum absolute atomic E-state index is 0.186.